The molecule has 1 aliphatic rings. The van der Waals surface area contributed by atoms with Crippen LogP contribution in [0.5, 0.6) is 0 Å². The molecule has 1 heterocycles. The number of hydrogen-bond donors (Lipinski definition) is 2. The number of likely N-dealkylation sites (N-methyl/N-ethyl adjacent to an activating group) is 1. The first-order valence-electron chi connectivity index (χ1n) is 10.3. The summed E-state index contributed by atoms with van der Waals surface area (Å²) in [6.45, 7) is 7.10. The van der Waals surface area contributed by atoms with E-state index in [1.807, 2.05) is 24.3 Å². The van der Waals surface area contributed by atoms with Crippen molar-refractivity contribution in [2.45, 2.75) is 13.8 Å². The molecule has 7 heteroatoms. The highest BCUT2D eigenvalue weighted by atomic mass is 16.2. The number of ketones is 1. The van der Waals surface area contributed by atoms with Crippen molar-refractivity contribution in [1.82, 2.24) is 4.90 Å². The van der Waals surface area contributed by atoms with Gasteiger partial charge in [0.15, 0.2) is 5.78 Å². The first-order valence-corrected chi connectivity index (χ1v) is 10.3. The third kappa shape index (κ3) is 6.26. The van der Waals surface area contributed by atoms with Crippen LogP contribution in [0.3, 0.4) is 0 Å². The number of carbonyl (C=O) groups excluding carboxylic acids is 3. The van der Waals surface area contributed by atoms with Crippen molar-refractivity contribution in [2.24, 2.45) is 0 Å². The molecule has 0 radical (unpaired) electrons. The van der Waals surface area contributed by atoms with Crippen LogP contribution in [-0.2, 0) is 9.59 Å². The minimum Gasteiger partial charge on any atom is -0.369 e. The van der Waals surface area contributed by atoms with Crippen LogP contribution in [0, 0.1) is 0 Å². The van der Waals surface area contributed by atoms with Crippen molar-refractivity contribution in [3.63, 3.8) is 0 Å². The number of nitrogens with zero attached hydrogens (tertiary/aromatic N) is 2. The number of benzene rings is 2. The van der Waals surface area contributed by atoms with E-state index >= 15 is 0 Å². The summed E-state index contributed by atoms with van der Waals surface area (Å²) in [5.74, 6) is -0.787. The molecule has 2 aromatic carbocycles. The lowest BCUT2D eigenvalue weighted by atomic mass is 10.1. The molecule has 162 valence electrons. The maximum atomic E-state index is 12.3. The number of rotatable bonds is 6. The second kappa shape index (κ2) is 10.0. The van der Waals surface area contributed by atoms with Gasteiger partial charge in [0.05, 0.1) is 0 Å². The molecular weight excluding hydrogens is 392 g/mol. The van der Waals surface area contributed by atoms with Crippen molar-refractivity contribution in [2.75, 3.05) is 48.8 Å². The SMILES string of the molecule is CC(=O)c1ccc(NC(=O)/C(C)=C\C(=O)Nc2ccc(N3CCN(C)CC3)cc2)cc1. The van der Waals surface area contributed by atoms with Crippen LogP contribution in [0.4, 0.5) is 17.1 Å². The molecule has 2 N–H and O–H groups in total. The molecule has 7 nitrogen and oxygen atoms in total. The lowest BCUT2D eigenvalue weighted by Gasteiger charge is -2.34. The molecule has 0 saturated carbocycles. The van der Waals surface area contributed by atoms with E-state index in [1.165, 1.54) is 13.0 Å². The van der Waals surface area contributed by atoms with Gasteiger partial charge in [-0.15, -0.1) is 0 Å². The van der Waals surface area contributed by atoms with Gasteiger partial charge < -0.3 is 20.4 Å². The van der Waals surface area contributed by atoms with Crippen molar-refractivity contribution in [3.05, 3.63) is 65.7 Å². The van der Waals surface area contributed by atoms with Gasteiger partial charge in [-0.25, -0.2) is 0 Å². The smallest absolute Gasteiger partial charge is 0.251 e. The predicted molar refractivity (Wildman–Crippen MR) is 124 cm³/mol. The molecule has 3 rings (SSSR count). The van der Waals surface area contributed by atoms with Gasteiger partial charge in [-0.3, -0.25) is 14.4 Å². The Balaban J connectivity index is 1.54. The molecule has 0 aliphatic carbocycles. The summed E-state index contributed by atoms with van der Waals surface area (Å²) in [6, 6.07) is 14.3. The van der Waals surface area contributed by atoms with Crippen molar-refractivity contribution in [1.29, 1.82) is 0 Å². The van der Waals surface area contributed by atoms with E-state index in [-0.39, 0.29) is 23.2 Å². The Bertz CT molecular complexity index is 973. The third-order valence-corrected chi connectivity index (χ3v) is 5.26. The Morgan fingerprint density at radius 1 is 0.806 bits per heavy atom. The van der Waals surface area contributed by atoms with Gasteiger partial charge in [-0.05, 0) is 69.4 Å². The fourth-order valence-electron chi connectivity index (χ4n) is 3.28. The monoisotopic (exact) mass is 420 g/mol. The summed E-state index contributed by atoms with van der Waals surface area (Å²) in [5, 5.41) is 5.51. The molecule has 0 atom stereocenters. The van der Waals surface area contributed by atoms with Crippen LogP contribution in [0.1, 0.15) is 24.2 Å². The van der Waals surface area contributed by atoms with E-state index in [9.17, 15) is 14.4 Å². The van der Waals surface area contributed by atoms with Crippen LogP contribution < -0.4 is 15.5 Å². The van der Waals surface area contributed by atoms with Crippen molar-refractivity contribution < 1.29 is 14.4 Å². The molecule has 1 fully saturated rings. The summed E-state index contributed by atoms with van der Waals surface area (Å²) in [7, 11) is 2.12. The minimum atomic E-state index is -0.379. The highest BCUT2D eigenvalue weighted by molar-refractivity contribution is 6.10. The van der Waals surface area contributed by atoms with E-state index in [0.717, 1.165) is 31.9 Å². The average Bonchev–Trinajstić information content (AvgIpc) is 2.75. The van der Waals surface area contributed by atoms with E-state index in [1.54, 1.807) is 31.2 Å². The summed E-state index contributed by atoms with van der Waals surface area (Å²) in [5.41, 5.74) is 3.22. The fraction of sp³-hybridized carbons (Fsp3) is 0.292. The van der Waals surface area contributed by atoms with Gasteiger partial charge in [0, 0.05) is 60.5 Å². The molecule has 0 spiro atoms. The zero-order valence-corrected chi connectivity index (χ0v) is 18.1. The summed E-state index contributed by atoms with van der Waals surface area (Å²) in [4.78, 5) is 40.6. The first kappa shape index (κ1) is 22.2. The molecule has 0 aromatic heterocycles. The highest BCUT2D eigenvalue weighted by Gasteiger charge is 2.14. The van der Waals surface area contributed by atoms with E-state index < -0.39 is 0 Å². The molecule has 0 bridgehead atoms. The zero-order valence-electron chi connectivity index (χ0n) is 18.1. The van der Waals surface area contributed by atoms with Crippen molar-refractivity contribution in [3.8, 4) is 0 Å². The maximum absolute atomic E-state index is 12.3. The summed E-state index contributed by atoms with van der Waals surface area (Å²) < 4.78 is 0. The highest BCUT2D eigenvalue weighted by Crippen LogP contribution is 2.19. The van der Waals surface area contributed by atoms with Gasteiger partial charge in [-0.1, -0.05) is 0 Å². The Morgan fingerprint density at radius 3 is 1.94 bits per heavy atom. The molecule has 2 amide bonds. The van der Waals surface area contributed by atoms with E-state index in [4.69, 9.17) is 0 Å². The van der Waals surface area contributed by atoms with Gasteiger partial charge in [0.1, 0.15) is 0 Å². The minimum absolute atomic E-state index is 0.0396. The summed E-state index contributed by atoms with van der Waals surface area (Å²) >= 11 is 0. The Hall–Kier alpha value is -3.45. The van der Waals surface area contributed by atoms with Crippen LogP contribution in [0.15, 0.2) is 60.2 Å². The normalized spacial score (nSPS) is 14.8. The van der Waals surface area contributed by atoms with Crippen LogP contribution in [0.2, 0.25) is 0 Å². The quantitative estimate of drug-likeness (QED) is 0.554. The van der Waals surface area contributed by atoms with Crippen molar-refractivity contribution >= 4 is 34.7 Å². The molecule has 1 saturated heterocycles. The molecule has 1 aliphatic heterocycles. The van der Waals surface area contributed by atoms with E-state index in [0.29, 0.717) is 16.9 Å². The van der Waals surface area contributed by atoms with E-state index in [2.05, 4.69) is 27.5 Å². The number of anilines is 3. The van der Waals surface area contributed by atoms with Gasteiger partial charge in [0.25, 0.3) is 5.91 Å². The Morgan fingerprint density at radius 2 is 1.35 bits per heavy atom. The lowest BCUT2D eigenvalue weighted by Crippen LogP contribution is -2.44. The Labute approximate surface area is 182 Å². The van der Waals surface area contributed by atoms with Gasteiger partial charge >= 0.3 is 0 Å². The topological polar surface area (TPSA) is 81.7 Å². The molecule has 0 unspecified atom stereocenters. The third-order valence-electron chi connectivity index (χ3n) is 5.26. The number of piperazine rings is 1. The molecule has 31 heavy (non-hydrogen) atoms. The zero-order chi connectivity index (χ0) is 22.4. The van der Waals surface area contributed by atoms with Crippen LogP contribution >= 0.6 is 0 Å². The van der Waals surface area contributed by atoms with Gasteiger partial charge in [0.2, 0.25) is 5.91 Å². The largest absolute Gasteiger partial charge is 0.369 e. The standard InChI is InChI=1S/C24H28N4O3/c1-17(24(31)26-21-6-4-19(5-7-21)18(2)29)16-23(30)25-20-8-10-22(11-9-20)28-14-12-27(3)13-15-28/h4-11,16H,12-15H2,1-3H3,(H,25,30)(H,26,31)/b17-16-. The molecular formula is C24H28N4O3. The van der Waals surface area contributed by atoms with Crippen LogP contribution in [-0.4, -0.2) is 55.7 Å². The Kier molecular flexibility index (Phi) is 7.20. The fourth-order valence-corrected chi connectivity index (χ4v) is 3.28. The second-order valence-corrected chi connectivity index (χ2v) is 7.74. The molecule has 2 aromatic rings. The maximum Gasteiger partial charge on any atom is 0.251 e. The number of amides is 2. The first-order chi connectivity index (χ1) is 14.8. The number of nitrogens with one attached hydrogen (secondary N) is 2. The number of hydrogen-bond acceptors (Lipinski definition) is 5. The summed E-state index contributed by atoms with van der Waals surface area (Å²) in [6.07, 6.45) is 1.27. The number of Topliss-reactive ketones (excluding diaryl/α,β-unsaturated/α-hetero) is 1. The van der Waals surface area contributed by atoms with Crippen LogP contribution in [0.25, 0.3) is 0 Å². The predicted octanol–water partition coefficient (Wildman–Crippen LogP) is 3.16. The second-order valence-electron chi connectivity index (χ2n) is 7.74. The lowest BCUT2D eigenvalue weighted by molar-refractivity contribution is -0.114. The average molecular weight is 421 g/mol. The van der Waals surface area contributed by atoms with Gasteiger partial charge in [-0.2, -0.15) is 0 Å². The number of carbonyl (C=O) groups is 3.